The van der Waals surface area contributed by atoms with Crippen molar-refractivity contribution in [1.82, 2.24) is 0 Å². The van der Waals surface area contributed by atoms with Crippen molar-refractivity contribution in [3.63, 3.8) is 0 Å². The molecule has 0 saturated heterocycles. The third-order valence-electron chi connectivity index (χ3n) is 2.37. The van der Waals surface area contributed by atoms with Gasteiger partial charge >= 0.3 is 0 Å². The third kappa shape index (κ3) is 2.64. The van der Waals surface area contributed by atoms with Gasteiger partial charge in [-0.2, -0.15) is 5.26 Å². The second kappa shape index (κ2) is 5.28. The summed E-state index contributed by atoms with van der Waals surface area (Å²) in [6.07, 6.45) is 0. The van der Waals surface area contributed by atoms with Crippen molar-refractivity contribution in [2.45, 2.75) is 6.61 Å². The molecule has 0 aromatic heterocycles. The van der Waals surface area contributed by atoms with E-state index >= 15 is 0 Å². The average molecular weight is 245 g/mol. The minimum Gasteiger partial charge on any atom is -0.487 e. The second-order valence-electron chi connectivity index (χ2n) is 3.64. The van der Waals surface area contributed by atoms with Crippen LogP contribution in [0.5, 0.6) is 5.75 Å². The third-order valence-corrected chi connectivity index (χ3v) is 2.37. The molecule has 0 atom stereocenters. The first-order chi connectivity index (χ1) is 8.70. The van der Waals surface area contributed by atoms with Gasteiger partial charge in [0.05, 0.1) is 0 Å². The highest BCUT2D eigenvalue weighted by atomic mass is 19.1. The smallest absolute Gasteiger partial charge is 0.144 e. The lowest BCUT2D eigenvalue weighted by molar-refractivity contribution is 0.303. The quantitative estimate of drug-likeness (QED) is 0.830. The summed E-state index contributed by atoms with van der Waals surface area (Å²) in [6.45, 7) is 0.0793. The van der Waals surface area contributed by atoms with E-state index in [0.29, 0.717) is 5.56 Å². The molecule has 0 bridgehead atoms. The Labute approximate surface area is 103 Å². The molecule has 2 nitrogen and oxygen atoms in total. The molecule has 0 aliphatic carbocycles. The summed E-state index contributed by atoms with van der Waals surface area (Å²) in [5.41, 5.74) is 0.469. The number of ether oxygens (including phenoxy) is 1. The lowest BCUT2D eigenvalue weighted by Gasteiger charge is -2.08. The van der Waals surface area contributed by atoms with Crippen molar-refractivity contribution in [2.75, 3.05) is 0 Å². The fourth-order valence-electron chi connectivity index (χ4n) is 1.52. The molecule has 0 fully saturated rings. The van der Waals surface area contributed by atoms with Crippen molar-refractivity contribution in [1.29, 1.82) is 5.26 Å². The molecule has 0 unspecified atom stereocenters. The van der Waals surface area contributed by atoms with Gasteiger partial charge in [0.1, 0.15) is 35.6 Å². The van der Waals surface area contributed by atoms with Crippen LogP contribution in [0.1, 0.15) is 11.1 Å². The van der Waals surface area contributed by atoms with Crippen LogP contribution >= 0.6 is 0 Å². The van der Waals surface area contributed by atoms with Crippen molar-refractivity contribution >= 4 is 0 Å². The van der Waals surface area contributed by atoms with Gasteiger partial charge in [-0.3, -0.25) is 0 Å². The van der Waals surface area contributed by atoms with Crippen molar-refractivity contribution < 1.29 is 13.5 Å². The molecule has 0 saturated carbocycles. The molecular formula is C14H9F2NO. The molecule has 0 heterocycles. The van der Waals surface area contributed by atoms with Gasteiger partial charge in [0.25, 0.3) is 0 Å². The van der Waals surface area contributed by atoms with Crippen molar-refractivity contribution in [3.8, 4) is 11.8 Å². The van der Waals surface area contributed by atoms with E-state index in [4.69, 9.17) is 10.00 Å². The van der Waals surface area contributed by atoms with E-state index in [2.05, 4.69) is 0 Å². The topological polar surface area (TPSA) is 33.0 Å². The highest BCUT2D eigenvalue weighted by Gasteiger charge is 2.08. The number of hydrogen-bond acceptors (Lipinski definition) is 2. The summed E-state index contributed by atoms with van der Waals surface area (Å²) >= 11 is 0. The standard InChI is InChI=1S/C14H9F2NO/c15-11-4-1-3-10(7-11)9-18-14-6-2-5-13(16)12(14)8-17/h1-7H,9H2. The number of halogens is 2. The molecule has 2 aromatic rings. The first-order valence-electron chi connectivity index (χ1n) is 5.26. The molecule has 2 rings (SSSR count). The largest absolute Gasteiger partial charge is 0.487 e. The van der Waals surface area contributed by atoms with E-state index in [1.807, 2.05) is 0 Å². The van der Waals surface area contributed by atoms with E-state index in [-0.39, 0.29) is 23.7 Å². The van der Waals surface area contributed by atoms with Gasteiger partial charge in [0, 0.05) is 0 Å². The summed E-state index contributed by atoms with van der Waals surface area (Å²) in [4.78, 5) is 0. The van der Waals surface area contributed by atoms with Crippen LogP contribution in [0.25, 0.3) is 0 Å². The van der Waals surface area contributed by atoms with Crippen LogP contribution in [0.2, 0.25) is 0 Å². The predicted octanol–water partition coefficient (Wildman–Crippen LogP) is 3.42. The molecule has 0 radical (unpaired) electrons. The molecule has 0 spiro atoms. The zero-order chi connectivity index (χ0) is 13.0. The van der Waals surface area contributed by atoms with Crippen LogP contribution in [0, 0.1) is 23.0 Å². The zero-order valence-corrected chi connectivity index (χ0v) is 9.36. The molecule has 0 N–H and O–H groups in total. The van der Waals surface area contributed by atoms with Gasteiger partial charge in [-0.05, 0) is 29.8 Å². The van der Waals surface area contributed by atoms with Gasteiger partial charge in [-0.15, -0.1) is 0 Å². The van der Waals surface area contributed by atoms with Crippen LogP contribution in [-0.4, -0.2) is 0 Å². The number of rotatable bonds is 3. The first-order valence-corrected chi connectivity index (χ1v) is 5.26. The van der Waals surface area contributed by atoms with Crippen LogP contribution in [0.15, 0.2) is 42.5 Å². The molecular weight excluding hydrogens is 236 g/mol. The summed E-state index contributed by atoms with van der Waals surface area (Å²) in [7, 11) is 0. The Morgan fingerprint density at radius 1 is 1.11 bits per heavy atom. The molecule has 18 heavy (non-hydrogen) atoms. The maximum Gasteiger partial charge on any atom is 0.144 e. The summed E-state index contributed by atoms with van der Waals surface area (Å²) in [5, 5.41) is 8.81. The molecule has 0 aliphatic rings. The van der Waals surface area contributed by atoms with E-state index in [1.54, 1.807) is 18.2 Å². The first kappa shape index (κ1) is 12.1. The van der Waals surface area contributed by atoms with Crippen molar-refractivity contribution in [3.05, 3.63) is 65.2 Å². The number of nitriles is 1. The number of nitrogens with zero attached hydrogens (tertiary/aromatic N) is 1. The fraction of sp³-hybridized carbons (Fsp3) is 0.0714. The van der Waals surface area contributed by atoms with Gasteiger partial charge < -0.3 is 4.74 Å². The Morgan fingerprint density at radius 2 is 1.89 bits per heavy atom. The van der Waals surface area contributed by atoms with Gasteiger partial charge in [0.2, 0.25) is 0 Å². The monoisotopic (exact) mass is 245 g/mol. The normalized spacial score (nSPS) is 9.83. The van der Waals surface area contributed by atoms with Crippen molar-refractivity contribution in [2.24, 2.45) is 0 Å². The van der Waals surface area contributed by atoms with Crippen LogP contribution in [0.3, 0.4) is 0 Å². The lowest BCUT2D eigenvalue weighted by atomic mass is 10.2. The zero-order valence-electron chi connectivity index (χ0n) is 9.36. The molecule has 0 aliphatic heterocycles. The number of hydrogen-bond donors (Lipinski definition) is 0. The van der Waals surface area contributed by atoms with E-state index in [9.17, 15) is 8.78 Å². The highest BCUT2D eigenvalue weighted by molar-refractivity contribution is 5.43. The molecule has 0 amide bonds. The Morgan fingerprint density at radius 3 is 2.61 bits per heavy atom. The molecule has 90 valence electrons. The summed E-state index contributed by atoms with van der Waals surface area (Å²) in [6, 6.07) is 11.8. The highest BCUT2D eigenvalue weighted by Crippen LogP contribution is 2.21. The lowest BCUT2D eigenvalue weighted by Crippen LogP contribution is -1.99. The van der Waals surface area contributed by atoms with E-state index in [0.717, 1.165) is 0 Å². The maximum atomic E-state index is 13.3. The minimum atomic E-state index is -0.630. The van der Waals surface area contributed by atoms with Gasteiger partial charge in [0.15, 0.2) is 0 Å². The number of benzene rings is 2. The Balaban J connectivity index is 2.16. The van der Waals surface area contributed by atoms with Gasteiger partial charge in [-0.1, -0.05) is 18.2 Å². The predicted molar refractivity (Wildman–Crippen MR) is 61.8 cm³/mol. The van der Waals surface area contributed by atoms with Crippen LogP contribution in [0.4, 0.5) is 8.78 Å². The average Bonchev–Trinajstić information content (AvgIpc) is 2.36. The van der Waals surface area contributed by atoms with E-state index < -0.39 is 5.82 Å². The summed E-state index contributed by atoms with van der Waals surface area (Å²) in [5.74, 6) is -0.841. The fourth-order valence-corrected chi connectivity index (χ4v) is 1.52. The van der Waals surface area contributed by atoms with Crippen LogP contribution < -0.4 is 4.74 Å². The summed E-state index contributed by atoms with van der Waals surface area (Å²) < 4.78 is 31.5. The SMILES string of the molecule is N#Cc1c(F)cccc1OCc1cccc(F)c1. The minimum absolute atomic E-state index is 0.0793. The Kier molecular flexibility index (Phi) is 3.54. The van der Waals surface area contributed by atoms with E-state index in [1.165, 1.54) is 30.3 Å². The van der Waals surface area contributed by atoms with Gasteiger partial charge in [-0.25, -0.2) is 8.78 Å². The molecule has 4 heteroatoms. The second-order valence-corrected chi connectivity index (χ2v) is 3.64. The molecule has 2 aromatic carbocycles. The van der Waals surface area contributed by atoms with Crippen LogP contribution in [-0.2, 0) is 6.61 Å². The maximum absolute atomic E-state index is 13.3. The Bertz CT molecular complexity index is 605. The Hall–Kier alpha value is -2.41.